The molecule has 0 aromatic heterocycles. The van der Waals surface area contributed by atoms with Crippen molar-refractivity contribution in [1.82, 2.24) is 4.90 Å². The Hall–Kier alpha value is -1.64. The van der Waals surface area contributed by atoms with Crippen LogP contribution in [0.4, 0.5) is 4.39 Å². The minimum absolute atomic E-state index is 0.191. The second-order valence-electron chi connectivity index (χ2n) is 7.42. The average molecular weight is 313 g/mol. The molecule has 122 valence electrons. The fourth-order valence-corrected chi connectivity index (χ4v) is 4.65. The number of carbonyl (C=O) groups is 1. The van der Waals surface area contributed by atoms with Crippen molar-refractivity contribution in [3.05, 3.63) is 47.8 Å². The molecule has 1 amide bonds. The van der Waals surface area contributed by atoms with Crippen LogP contribution in [0.5, 0.6) is 0 Å². The van der Waals surface area contributed by atoms with Gasteiger partial charge >= 0.3 is 0 Å². The van der Waals surface area contributed by atoms with E-state index in [1.54, 1.807) is 0 Å². The minimum Gasteiger partial charge on any atom is -0.342 e. The largest absolute Gasteiger partial charge is 0.342 e. The van der Waals surface area contributed by atoms with Crippen molar-refractivity contribution in [3.8, 4) is 0 Å². The van der Waals surface area contributed by atoms with E-state index >= 15 is 0 Å². The van der Waals surface area contributed by atoms with Gasteiger partial charge in [-0.3, -0.25) is 4.79 Å². The second-order valence-corrected chi connectivity index (χ2v) is 7.42. The Morgan fingerprint density at radius 1 is 1.09 bits per heavy atom. The Kier molecular flexibility index (Phi) is 3.96. The summed E-state index contributed by atoms with van der Waals surface area (Å²) in [6, 6.07) is 6.84. The van der Waals surface area contributed by atoms with E-state index in [0.717, 1.165) is 38.8 Å². The van der Waals surface area contributed by atoms with E-state index < -0.39 is 0 Å². The highest BCUT2D eigenvalue weighted by Gasteiger charge is 2.41. The summed E-state index contributed by atoms with van der Waals surface area (Å²) in [5.41, 5.74) is 1.17. The van der Waals surface area contributed by atoms with E-state index in [0.29, 0.717) is 23.7 Å². The highest BCUT2D eigenvalue weighted by molar-refractivity contribution is 5.80. The molecule has 1 heterocycles. The monoisotopic (exact) mass is 313 g/mol. The first-order valence-corrected chi connectivity index (χ1v) is 8.93. The maximum Gasteiger partial charge on any atom is 0.226 e. The van der Waals surface area contributed by atoms with Crippen LogP contribution in [-0.4, -0.2) is 23.9 Å². The number of benzene rings is 1. The highest BCUT2D eigenvalue weighted by Crippen LogP contribution is 2.44. The smallest absolute Gasteiger partial charge is 0.226 e. The van der Waals surface area contributed by atoms with Gasteiger partial charge in [-0.15, -0.1) is 0 Å². The van der Waals surface area contributed by atoms with Crippen LogP contribution in [0.25, 0.3) is 0 Å². The number of halogens is 1. The van der Waals surface area contributed by atoms with Crippen LogP contribution in [0.1, 0.15) is 43.6 Å². The molecule has 0 radical (unpaired) electrons. The normalized spacial score (nSPS) is 33.0. The lowest BCUT2D eigenvalue weighted by Gasteiger charge is -2.29. The number of carbonyl (C=O) groups excluding carboxylic acids is 1. The van der Waals surface area contributed by atoms with Crippen LogP contribution in [0.3, 0.4) is 0 Å². The summed E-state index contributed by atoms with van der Waals surface area (Å²) in [5, 5.41) is 0. The fourth-order valence-electron chi connectivity index (χ4n) is 4.65. The number of hydrogen-bond acceptors (Lipinski definition) is 1. The van der Waals surface area contributed by atoms with Crippen LogP contribution in [0.2, 0.25) is 0 Å². The lowest BCUT2D eigenvalue weighted by Crippen LogP contribution is -2.39. The quantitative estimate of drug-likeness (QED) is 0.752. The Labute approximate surface area is 137 Å². The number of rotatable bonds is 2. The van der Waals surface area contributed by atoms with E-state index in [1.807, 2.05) is 12.1 Å². The Bertz CT molecular complexity index is 609. The molecule has 0 N–H and O–H groups in total. The number of nitrogens with zero attached hydrogens (tertiary/aromatic N) is 1. The minimum atomic E-state index is -0.191. The molecule has 2 aliphatic carbocycles. The van der Waals surface area contributed by atoms with Gasteiger partial charge in [-0.25, -0.2) is 4.39 Å². The van der Waals surface area contributed by atoms with Crippen molar-refractivity contribution in [2.45, 2.75) is 38.0 Å². The number of hydrogen-bond donors (Lipinski definition) is 0. The van der Waals surface area contributed by atoms with Crippen molar-refractivity contribution in [3.63, 3.8) is 0 Å². The first-order valence-electron chi connectivity index (χ1n) is 8.93. The van der Waals surface area contributed by atoms with Crippen LogP contribution in [0.15, 0.2) is 36.4 Å². The third-order valence-corrected chi connectivity index (χ3v) is 5.92. The molecule has 2 bridgehead atoms. The first kappa shape index (κ1) is 14.9. The molecule has 2 nitrogen and oxygen atoms in total. The van der Waals surface area contributed by atoms with Crippen LogP contribution >= 0.6 is 0 Å². The summed E-state index contributed by atoms with van der Waals surface area (Å²) in [6.45, 7) is 1.68. The summed E-state index contributed by atoms with van der Waals surface area (Å²) in [4.78, 5) is 15.1. The molecular weight excluding hydrogens is 289 g/mol. The van der Waals surface area contributed by atoms with Crippen molar-refractivity contribution in [2.24, 2.45) is 17.8 Å². The fraction of sp³-hybridized carbons (Fsp3) is 0.550. The lowest BCUT2D eigenvalue weighted by atomic mass is 9.91. The standard InChI is InChI=1S/C20H24FNO/c21-18-8-6-15(7-9-18)17-3-1-2-10-22(13-17)20(23)19-12-14-4-5-16(19)11-14/h4-9,14,16-17,19H,1-3,10-13H2/t14-,16-,17+,19-/m0/s1. The SMILES string of the molecule is O=C([C@H]1C[C@H]2C=C[C@H]1C2)N1CCCC[C@@H](c2ccc(F)cc2)C1. The predicted molar refractivity (Wildman–Crippen MR) is 88.4 cm³/mol. The van der Waals surface area contributed by atoms with Gasteiger partial charge in [0.2, 0.25) is 5.91 Å². The zero-order chi connectivity index (χ0) is 15.8. The number of fused-ring (bicyclic) bond motifs is 2. The molecule has 4 rings (SSSR count). The average Bonchev–Trinajstić information content (AvgIpc) is 3.11. The van der Waals surface area contributed by atoms with Crippen LogP contribution < -0.4 is 0 Å². The van der Waals surface area contributed by atoms with Gasteiger partial charge in [0.25, 0.3) is 0 Å². The molecule has 1 aromatic carbocycles. The van der Waals surface area contributed by atoms with Gasteiger partial charge in [0, 0.05) is 24.9 Å². The topological polar surface area (TPSA) is 20.3 Å². The summed E-state index contributed by atoms with van der Waals surface area (Å²) in [6.07, 6.45) is 10.1. The summed E-state index contributed by atoms with van der Waals surface area (Å²) in [7, 11) is 0. The molecule has 4 atom stereocenters. The van der Waals surface area contributed by atoms with Gasteiger partial charge in [0.05, 0.1) is 0 Å². The molecule has 1 saturated carbocycles. The Morgan fingerprint density at radius 3 is 2.61 bits per heavy atom. The summed E-state index contributed by atoms with van der Waals surface area (Å²) in [5.74, 6) is 1.82. The van der Waals surface area contributed by atoms with E-state index in [-0.39, 0.29) is 11.7 Å². The van der Waals surface area contributed by atoms with E-state index in [9.17, 15) is 9.18 Å². The molecule has 1 saturated heterocycles. The maximum atomic E-state index is 13.2. The Balaban J connectivity index is 1.48. The molecule has 2 fully saturated rings. The van der Waals surface area contributed by atoms with E-state index in [2.05, 4.69) is 17.1 Å². The van der Waals surface area contributed by atoms with Crippen LogP contribution in [0, 0.1) is 23.6 Å². The molecule has 23 heavy (non-hydrogen) atoms. The van der Waals surface area contributed by atoms with E-state index in [1.165, 1.54) is 24.1 Å². The first-order chi connectivity index (χ1) is 11.2. The summed E-state index contributed by atoms with van der Waals surface area (Å²) >= 11 is 0. The maximum absolute atomic E-state index is 13.2. The molecule has 1 aliphatic heterocycles. The predicted octanol–water partition coefficient (Wildman–Crippen LogP) is 4.13. The molecule has 3 aliphatic rings. The molecular formula is C20H24FNO. The number of likely N-dealkylation sites (tertiary alicyclic amines) is 1. The number of amides is 1. The zero-order valence-corrected chi connectivity index (χ0v) is 13.5. The van der Waals surface area contributed by atoms with Crippen molar-refractivity contribution in [2.75, 3.05) is 13.1 Å². The molecule has 1 aromatic rings. The third kappa shape index (κ3) is 2.93. The third-order valence-electron chi connectivity index (χ3n) is 5.92. The molecule has 0 spiro atoms. The van der Waals surface area contributed by atoms with Crippen LogP contribution in [-0.2, 0) is 4.79 Å². The van der Waals surface area contributed by atoms with Crippen molar-refractivity contribution in [1.29, 1.82) is 0 Å². The highest BCUT2D eigenvalue weighted by atomic mass is 19.1. The van der Waals surface area contributed by atoms with Gasteiger partial charge in [-0.1, -0.05) is 30.7 Å². The van der Waals surface area contributed by atoms with Gasteiger partial charge in [-0.05, 0) is 55.2 Å². The van der Waals surface area contributed by atoms with E-state index in [4.69, 9.17) is 0 Å². The molecule has 0 unspecified atom stereocenters. The Morgan fingerprint density at radius 2 is 1.91 bits per heavy atom. The summed E-state index contributed by atoms with van der Waals surface area (Å²) < 4.78 is 13.2. The molecule has 3 heteroatoms. The van der Waals surface area contributed by atoms with Crippen molar-refractivity contribution < 1.29 is 9.18 Å². The second kappa shape index (κ2) is 6.10. The lowest BCUT2D eigenvalue weighted by molar-refractivity contribution is -0.136. The van der Waals surface area contributed by atoms with Gasteiger partial charge in [0.1, 0.15) is 5.82 Å². The zero-order valence-electron chi connectivity index (χ0n) is 13.5. The van der Waals surface area contributed by atoms with Gasteiger partial charge < -0.3 is 4.90 Å². The number of allylic oxidation sites excluding steroid dienone is 2. The van der Waals surface area contributed by atoms with Gasteiger partial charge in [0.15, 0.2) is 0 Å². The van der Waals surface area contributed by atoms with Gasteiger partial charge in [-0.2, -0.15) is 0 Å². The van der Waals surface area contributed by atoms with Crippen molar-refractivity contribution >= 4 is 5.91 Å².